The third-order valence-corrected chi connectivity index (χ3v) is 5.15. The van der Waals surface area contributed by atoms with Gasteiger partial charge in [0, 0.05) is 11.6 Å². The summed E-state index contributed by atoms with van der Waals surface area (Å²) in [5, 5.41) is 3.42. The molecule has 1 atom stereocenters. The SMILES string of the molecule is CCC(C(=O)NCc1ccc(Cl)cc1)N(c1ccccc1)S(C)(=O)=O. The third-order valence-electron chi connectivity index (χ3n) is 3.72. The molecule has 0 spiro atoms. The molecule has 0 saturated heterocycles. The molecule has 0 radical (unpaired) electrons. The van der Waals surface area contributed by atoms with Crippen LogP contribution in [-0.4, -0.2) is 26.6 Å². The molecular weight excluding hydrogens is 360 g/mol. The summed E-state index contributed by atoms with van der Waals surface area (Å²) >= 11 is 5.85. The number of para-hydroxylation sites is 1. The smallest absolute Gasteiger partial charge is 0.244 e. The lowest BCUT2D eigenvalue weighted by Gasteiger charge is -2.30. The maximum atomic E-state index is 12.6. The van der Waals surface area contributed by atoms with Gasteiger partial charge in [-0.1, -0.05) is 48.9 Å². The highest BCUT2D eigenvalue weighted by Crippen LogP contribution is 2.22. The lowest BCUT2D eigenvalue weighted by atomic mass is 10.1. The zero-order chi connectivity index (χ0) is 18.4. The molecule has 5 nitrogen and oxygen atoms in total. The Bertz CT molecular complexity index is 808. The highest BCUT2D eigenvalue weighted by atomic mass is 35.5. The summed E-state index contributed by atoms with van der Waals surface area (Å²) in [7, 11) is -3.61. The monoisotopic (exact) mass is 380 g/mol. The van der Waals surface area contributed by atoms with Gasteiger partial charge in [0.05, 0.1) is 11.9 Å². The molecular formula is C18H21ClN2O3S. The van der Waals surface area contributed by atoms with E-state index in [0.29, 0.717) is 23.7 Å². The van der Waals surface area contributed by atoms with Crippen molar-refractivity contribution in [2.24, 2.45) is 0 Å². The number of carbonyl (C=O) groups excluding carboxylic acids is 1. The van der Waals surface area contributed by atoms with Gasteiger partial charge in [0.25, 0.3) is 0 Å². The molecule has 1 amide bonds. The van der Waals surface area contributed by atoms with Crippen molar-refractivity contribution in [3.8, 4) is 0 Å². The van der Waals surface area contributed by atoms with E-state index < -0.39 is 16.1 Å². The molecule has 0 aliphatic heterocycles. The zero-order valence-electron chi connectivity index (χ0n) is 14.1. The molecule has 0 fully saturated rings. The van der Waals surface area contributed by atoms with Gasteiger partial charge in [0.2, 0.25) is 15.9 Å². The van der Waals surface area contributed by atoms with Crippen LogP contribution in [0.2, 0.25) is 5.02 Å². The van der Waals surface area contributed by atoms with Gasteiger partial charge in [-0.2, -0.15) is 0 Å². The molecule has 1 unspecified atom stereocenters. The number of nitrogens with one attached hydrogen (secondary N) is 1. The first-order chi connectivity index (χ1) is 11.8. The van der Waals surface area contributed by atoms with Crippen molar-refractivity contribution in [2.45, 2.75) is 25.9 Å². The largest absolute Gasteiger partial charge is 0.350 e. The van der Waals surface area contributed by atoms with Crippen molar-refractivity contribution in [2.75, 3.05) is 10.6 Å². The average molecular weight is 381 g/mol. The molecule has 7 heteroatoms. The van der Waals surface area contributed by atoms with Crippen LogP contribution >= 0.6 is 11.6 Å². The fourth-order valence-corrected chi connectivity index (χ4v) is 3.88. The van der Waals surface area contributed by atoms with Crippen LogP contribution in [-0.2, 0) is 21.4 Å². The second-order valence-electron chi connectivity index (χ2n) is 5.66. The molecule has 0 aliphatic rings. The molecule has 0 saturated carbocycles. The first-order valence-electron chi connectivity index (χ1n) is 7.89. The fraction of sp³-hybridized carbons (Fsp3) is 0.278. The van der Waals surface area contributed by atoms with Crippen LogP contribution in [0.15, 0.2) is 54.6 Å². The lowest BCUT2D eigenvalue weighted by molar-refractivity contribution is -0.122. The molecule has 25 heavy (non-hydrogen) atoms. The van der Waals surface area contributed by atoms with Crippen molar-refractivity contribution in [1.82, 2.24) is 5.32 Å². The number of rotatable bonds is 7. The third kappa shape index (κ3) is 5.21. The first kappa shape index (κ1) is 19.3. The van der Waals surface area contributed by atoms with Gasteiger partial charge in [-0.05, 0) is 36.2 Å². The van der Waals surface area contributed by atoms with E-state index in [9.17, 15) is 13.2 Å². The van der Waals surface area contributed by atoms with Gasteiger partial charge in [-0.3, -0.25) is 9.10 Å². The van der Waals surface area contributed by atoms with Crippen LogP contribution in [0.25, 0.3) is 0 Å². The van der Waals surface area contributed by atoms with Crippen LogP contribution in [0, 0.1) is 0 Å². The van der Waals surface area contributed by atoms with Crippen LogP contribution in [0.5, 0.6) is 0 Å². The number of sulfonamides is 1. The summed E-state index contributed by atoms with van der Waals surface area (Å²) in [4.78, 5) is 12.6. The van der Waals surface area contributed by atoms with Crippen molar-refractivity contribution >= 4 is 33.2 Å². The van der Waals surface area contributed by atoms with Crippen molar-refractivity contribution in [3.05, 3.63) is 65.2 Å². The average Bonchev–Trinajstić information content (AvgIpc) is 2.58. The normalized spacial score (nSPS) is 12.4. The molecule has 0 bridgehead atoms. The van der Waals surface area contributed by atoms with Crippen molar-refractivity contribution in [3.63, 3.8) is 0 Å². The Kier molecular flexibility index (Phi) is 6.45. The molecule has 2 aromatic carbocycles. The van der Waals surface area contributed by atoms with Crippen LogP contribution in [0.3, 0.4) is 0 Å². The Balaban J connectivity index is 2.19. The summed E-state index contributed by atoms with van der Waals surface area (Å²) < 4.78 is 25.7. The van der Waals surface area contributed by atoms with E-state index in [1.54, 1.807) is 49.4 Å². The minimum Gasteiger partial charge on any atom is -0.350 e. The van der Waals surface area contributed by atoms with E-state index in [-0.39, 0.29) is 5.91 Å². The molecule has 1 N–H and O–H groups in total. The molecule has 2 aromatic rings. The van der Waals surface area contributed by atoms with Crippen LogP contribution < -0.4 is 9.62 Å². The topological polar surface area (TPSA) is 66.5 Å². The van der Waals surface area contributed by atoms with Crippen LogP contribution in [0.4, 0.5) is 5.69 Å². The van der Waals surface area contributed by atoms with E-state index in [0.717, 1.165) is 11.8 Å². The van der Waals surface area contributed by atoms with Crippen molar-refractivity contribution in [1.29, 1.82) is 0 Å². The van der Waals surface area contributed by atoms with Crippen LogP contribution in [0.1, 0.15) is 18.9 Å². The summed E-state index contributed by atoms with van der Waals surface area (Å²) in [5.41, 5.74) is 1.36. The molecule has 134 valence electrons. The second-order valence-corrected chi connectivity index (χ2v) is 7.96. The summed E-state index contributed by atoms with van der Waals surface area (Å²) in [6, 6.07) is 14.9. The number of benzene rings is 2. The van der Waals surface area contributed by atoms with E-state index in [1.807, 2.05) is 12.1 Å². The summed E-state index contributed by atoms with van der Waals surface area (Å²) in [5.74, 6) is -0.341. The first-order valence-corrected chi connectivity index (χ1v) is 10.1. The Hall–Kier alpha value is -2.05. The van der Waals surface area contributed by atoms with Gasteiger partial charge in [0.15, 0.2) is 0 Å². The quantitative estimate of drug-likeness (QED) is 0.802. The summed E-state index contributed by atoms with van der Waals surface area (Å²) in [6.45, 7) is 2.09. The highest BCUT2D eigenvalue weighted by Gasteiger charge is 2.31. The number of hydrogen-bond acceptors (Lipinski definition) is 3. The van der Waals surface area contributed by atoms with E-state index >= 15 is 0 Å². The minimum atomic E-state index is -3.61. The van der Waals surface area contributed by atoms with Crippen molar-refractivity contribution < 1.29 is 13.2 Å². The Morgan fingerprint density at radius 3 is 2.24 bits per heavy atom. The van der Waals surface area contributed by atoms with Gasteiger partial charge in [-0.15, -0.1) is 0 Å². The molecule has 2 rings (SSSR count). The molecule has 0 aromatic heterocycles. The Labute approximate surface area is 153 Å². The minimum absolute atomic E-state index is 0.304. The predicted octanol–water partition coefficient (Wildman–Crippen LogP) is 3.20. The number of amides is 1. The molecule has 0 heterocycles. The van der Waals surface area contributed by atoms with E-state index in [1.165, 1.54) is 4.31 Å². The zero-order valence-corrected chi connectivity index (χ0v) is 15.7. The number of halogens is 1. The number of carbonyl (C=O) groups is 1. The van der Waals surface area contributed by atoms with E-state index in [2.05, 4.69) is 5.32 Å². The predicted molar refractivity (Wildman–Crippen MR) is 101 cm³/mol. The fourth-order valence-electron chi connectivity index (χ4n) is 2.54. The highest BCUT2D eigenvalue weighted by molar-refractivity contribution is 7.92. The standard InChI is InChI=1S/C18H21ClN2O3S/c1-3-17(18(22)20-13-14-9-11-15(19)12-10-14)21(25(2,23)24)16-7-5-4-6-8-16/h4-12,17H,3,13H2,1-2H3,(H,20,22). The number of hydrogen-bond donors (Lipinski definition) is 1. The number of nitrogens with zero attached hydrogens (tertiary/aromatic N) is 1. The van der Waals surface area contributed by atoms with Gasteiger partial charge >= 0.3 is 0 Å². The maximum absolute atomic E-state index is 12.6. The van der Waals surface area contributed by atoms with Gasteiger partial charge < -0.3 is 5.32 Å². The Morgan fingerprint density at radius 1 is 1.12 bits per heavy atom. The van der Waals surface area contributed by atoms with E-state index in [4.69, 9.17) is 11.6 Å². The Morgan fingerprint density at radius 2 is 1.72 bits per heavy atom. The molecule has 0 aliphatic carbocycles. The second kappa shape index (κ2) is 8.36. The van der Waals surface area contributed by atoms with Gasteiger partial charge in [0.1, 0.15) is 6.04 Å². The lowest BCUT2D eigenvalue weighted by Crippen LogP contribution is -2.49. The maximum Gasteiger partial charge on any atom is 0.244 e. The number of anilines is 1. The summed E-state index contributed by atoms with van der Waals surface area (Å²) in [6.07, 6.45) is 1.46. The van der Waals surface area contributed by atoms with Gasteiger partial charge in [-0.25, -0.2) is 8.42 Å².